The summed E-state index contributed by atoms with van der Waals surface area (Å²) in [6.45, 7) is 5.76. The summed E-state index contributed by atoms with van der Waals surface area (Å²) >= 11 is 3.02. The molecule has 0 N–H and O–H groups in total. The number of hydrogen-bond donors (Lipinski definition) is 0. The van der Waals surface area contributed by atoms with E-state index in [1.54, 1.807) is 11.8 Å². The van der Waals surface area contributed by atoms with Crippen molar-refractivity contribution in [3.05, 3.63) is 0 Å². The SMILES string of the molecule is CCCSc1nsnc1O[C@H]1C[C@H]2CCN(C2)C1. The topological polar surface area (TPSA) is 38.3 Å². The van der Waals surface area contributed by atoms with Gasteiger partial charge in [-0.2, -0.15) is 4.37 Å². The highest BCUT2D eigenvalue weighted by Crippen LogP contribution is 2.32. The summed E-state index contributed by atoms with van der Waals surface area (Å²) < 4.78 is 14.7. The first kappa shape index (κ1) is 12.7. The van der Waals surface area contributed by atoms with Crippen LogP contribution in [0.1, 0.15) is 26.2 Å². The van der Waals surface area contributed by atoms with Crippen LogP contribution in [0.4, 0.5) is 0 Å². The molecule has 3 heterocycles. The number of nitrogens with zero attached hydrogens (tertiary/aromatic N) is 3. The van der Waals surface area contributed by atoms with E-state index in [4.69, 9.17) is 4.74 Å². The number of rotatable bonds is 5. The third kappa shape index (κ3) is 2.81. The fourth-order valence-corrected chi connectivity index (χ4v) is 4.16. The molecule has 3 rings (SSSR count). The molecule has 0 aliphatic carbocycles. The van der Waals surface area contributed by atoms with Gasteiger partial charge in [0.05, 0.1) is 11.7 Å². The number of aromatic nitrogens is 2. The van der Waals surface area contributed by atoms with E-state index in [-0.39, 0.29) is 0 Å². The largest absolute Gasteiger partial charge is 0.470 e. The highest BCUT2D eigenvalue weighted by atomic mass is 32.2. The van der Waals surface area contributed by atoms with Crippen LogP contribution in [0.3, 0.4) is 0 Å². The third-order valence-corrected chi connectivity index (χ3v) is 5.36. The molecule has 1 aromatic heterocycles. The van der Waals surface area contributed by atoms with Gasteiger partial charge < -0.3 is 4.74 Å². The van der Waals surface area contributed by atoms with Crippen LogP contribution in [0, 0.1) is 5.92 Å². The van der Waals surface area contributed by atoms with Gasteiger partial charge in [-0.15, -0.1) is 4.37 Å². The Hall–Kier alpha value is -0.330. The third-order valence-electron chi connectivity index (χ3n) is 3.58. The van der Waals surface area contributed by atoms with Crippen LogP contribution >= 0.6 is 23.5 Å². The van der Waals surface area contributed by atoms with Gasteiger partial charge in [0.25, 0.3) is 5.88 Å². The van der Waals surface area contributed by atoms with Gasteiger partial charge in [-0.25, -0.2) is 0 Å². The molecular formula is C12H19N3OS2. The molecule has 4 nitrogen and oxygen atoms in total. The average molecular weight is 285 g/mol. The van der Waals surface area contributed by atoms with E-state index in [1.165, 1.54) is 37.7 Å². The van der Waals surface area contributed by atoms with E-state index in [0.717, 1.165) is 35.5 Å². The quantitative estimate of drug-likeness (QED) is 0.777. The van der Waals surface area contributed by atoms with E-state index in [0.29, 0.717) is 6.10 Å². The summed E-state index contributed by atoms with van der Waals surface area (Å²) in [5.41, 5.74) is 0. The lowest BCUT2D eigenvalue weighted by atomic mass is 9.99. The van der Waals surface area contributed by atoms with Gasteiger partial charge in [-0.1, -0.05) is 18.7 Å². The van der Waals surface area contributed by atoms with Crippen LogP contribution in [0.2, 0.25) is 0 Å². The van der Waals surface area contributed by atoms with Crippen molar-refractivity contribution in [1.82, 2.24) is 13.6 Å². The summed E-state index contributed by atoms with van der Waals surface area (Å²) in [7, 11) is 0. The van der Waals surface area contributed by atoms with Crippen molar-refractivity contribution in [2.24, 2.45) is 5.92 Å². The molecule has 2 bridgehead atoms. The normalized spacial score (nSPS) is 30.6. The monoisotopic (exact) mass is 285 g/mol. The van der Waals surface area contributed by atoms with Crippen molar-refractivity contribution in [1.29, 1.82) is 0 Å². The van der Waals surface area contributed by atoms with E-state index in [1.807, 2.05) is 0 Å². The first-order valence-corrected chi connectivity index (χ1v) is 8.41. The van der Waals surface area contributed by atoms with Crippen LogP contribution in [-0.4, -0.2) is 45.1 Å². The van der Waals surface area contributed by atoms with Crippen molar-refractivity contribution in [3.63, 3.8) is 0 Å². The second-order valence-corrected chi connectivity index (χ2v) is 6.72. The van der Waals surface area contributed by atoms with Crippen LogP contribution in [0.25, 0.3) is 0 Å². The fourth-order valence-electron chi connectivity index (χ4n) is 2.78. The van der Waals surface area contributed by atoms with Crippen LogP contribution in [-0.2, 0) is 0 Å². The lowest BCUT2D eigenvalue weighted by Crippen LogP contribution is -2.39. The van der Waals surface area contributed by atoms with Crippen molar-refractivity contribution >= 4 is 23.5 Å². The number of piperidine rings is 1. The summed E-state index contributed by atoms with van der Waals surface area (Å²) in [6, 6.07) is 0. The minimum absolute atomic E-state index is 0.316. The zero-order valence-electron chi connectivity index (χ0n) is 10.7. The Morgan fingerprint density at radius 3 is 3.22 bits per heavy atom. The predicted molar refractivity (Wildman–Crippen MR) is 74.5 cm³/mol. The van der Waals surface area contributed by atoms with Gasteiger partial charge in [0.2, 0.25) is 0 Å². The molecule has 3 atom stereocenters. The maximum atomic E-state index is 6.08. The Morgan fingerprint density at radius 1 is 1.44 bits per heavy atom. The maximum Gasteiger partial charge on any atom is 0.260 e. The zero-order valence-corrected chi connectivity index (χ0v) is 12.3. The molecule has 1 unspecified atom stereocenters. The molecule has 0 spiro atoms. The number of ether oxygens (including phenoxy) is 1. The molecule has 0 saturated carbocycles. The molecule has 1 aromatic rings. The van der Waals surface area contributed by atoms with E-state index < -0.39 is 0 Å². The molecule has 2 aliphatic rings. The van der Waals surface area contributed by atoms with Crippen LogP contribution < -0.4 is 4.74 Å². The van der Waals surface area contributed by atoms with Gasteiger partial charge in [0.15, 0.2) is 5.03 Å². The van der Waals surface area contributed by atoms with Crippen LogP contribution in [0.15, 0.2) is 5.03 Å². The second kappa shape index (κ2) is 5.75. The van der Waals surface area contributed by atoms with Gasteiger partial charge >= 0.3 is 0 Å². The Morgan fingerprint density at radius 2 is 2.39 bits per heavy atom. The summed E-state index contributed by atoms with van der Waals surface area (Å²) in [4.78, 5) is 2.51. The van der Waals surface area contributed by atoms with E-state index in [9.17, 15) is 0 Å². The van der Waals surface area contributed by atoms with Gasteiger partial charge in [0, 0.05) is 13.1 Å². The number of hydrogen-bond acceptors (Lipinski definition) is 6. The molecule has 2 aliphatic heterocycles. The molecular weight excluding hydrogens is 266 g/mol. The molecule has 6 heteroatoms. The lowest BCUT2D eigenvalue weighted by molar-refractivity contribution is 0.0920. The van der Waals surface area contributed by atoms with Crippen molar-refractivity contribution in [2.45, 2.75) is 37.3 Å². The minimum atomic E-state index is 0.316. The molecule has 2 saturated heterocycles. The standard InChI is InChI=1S/C12H19N3OS2/c1-2-5-17-12-11(13-18-14-12)16-10-6-9-3-4-15(7-9)8-10/h9-10H,2-8H2,1H3/t9-,10+/m1/s1. The second-order valence-electron chi connectivity index (χ2n) is 5.11. The van der Waals surface area contributed by atoms with E-state index >= 15 is 0 Å². The summed E-state index contributed by atoms with van der Waals surface area (Å²) in [5.74, 6) is 2.69. The Bertz CT molecular complexity index is 386. The number of fused-ring (bicyclic) bond motifs is 2. The molecule has 0 aromatic carbocycles. The first-order valence-electron chi connectivity index (χ1n) is 6.69. The van der Waals surface area contributed by atoms with Crippen molar-refractivity contribution in [2.75, 3.05) is 25.4 Å². The highest BCUT2D eigenvalue weighted by Gasteiger charge is 2.34. The van der Waals surface area contributed by atoms with Crippen molar-refractivity contribution in [3.8, 4) is 5.88 Å². The fraction of sp³-hybridized carbons (Fsp3) is 0.833. The van der Waals surface area contributed by atoms with E-state index in [2.05, 4.69) is 20.6 Å². The van der Waals surface area contributed by atoms with Gasteiger partial charge in [0.1, 0.15) is 6.10 Å². The number of thioether (sulfide) groups is 1. The van der Waals surface area contributed by atoms with Gasteiger partial charge in [-0.3, -0.25) is 4.90 Å². The van der Waals surface area contributed by atoms with Crippen LogP contribution in [0.5, 0.6) is 5.88 Å². The Balaban J connectivity index is 1.60. The average Bonchev–Trinajstić information content (AvgIpc) is 2.94. The molecule has 0 amide bonds. The Kier molecular flexibility index (Phi) is 4.06. The molecule has 100 valence electrons. The molecule has 0 radical (unpaired) electrons. The van der Waals surface area contributed by atoms with Gasteiger partial charge in [-0.05, 0) is 37.5 Å². The predicted octanol–water partition coefficient (Wildman–Crippen LogP) is 2.51. The molecule has 2 fully saturated rings. The van der Waals surface area contributed by atoms with Crippen molar-refractivity contribution < 1.29 is 4.74 Å². The summed E-state index contributed by atoms with van der Waals surface area (Å²) in [5, 5.41) is 0.981. The molecule has 18 heavy (non-hydrogen) atoms. The maximum absolute atomic E-state index is 6.08. The minimum Gasteiger partial charge on any atom is -0.470 e. The Labute approximate surface area is 116 Å². The zero-order chi connectivity index (χ0) is 12.4. The highest BCUT2D eigenvalue weighted by molar-refractivity contribution is 7.99. The smallest absolute Gasteiger partial charge is 0.260 e. The first-order chi connectivity index (χ1) is 8.85. The summed E-state index contributed by atoms with van der Waals surface area (Å²) in [6.07, 6.45) is 4.00. The lowest BCUT2D eigenvalue weighted by Gasteiger charge is -2.29.